The Morgan fingerprint density at radius 1 is 1.23 bits per heavy atom. The predicted molar refractivity (Wildman–Crippen MR) is 118 cm³/mol. The maximum absolute atomic E-state index is 13.8. The number of halogens is 2. The fraction of sp³-hybridized carbons (Fsp3) is 0.632. The van der Waals surface area contributed by atoms with Crippen LogP contribution in [0.25, 0.3) is 0 Å². The van der Waals surface area contributed by atoms with Gasteiger partial charge in [0.25, 0.3) is 0 Å². The van der Waals surface area contributed by atoms with Crippen molar-refractivity contribution in [1.29, 1.82) is 0 Å². The van der Waals surface area contributed by atoms with Crippen LogP contribution in [0.1, 0.15) is 31.4 Å². The lowest BCUT2D eigenvalue weighted by Gasteiger charge is -2.14. The number of aliphatic imine (C=N–C) groups is 1. The molecule has 0 aromatic heterocycles. The molecule has 0 aliphatic rings. The molecule has 0 saturated heterocycles. The van der Waals surface area contributed by atoms with E-state index in [1.165, 1.54) is 6.07 Å². The summed E-state index contributed by atoms with van der Waals surface area (Å²) >= 11 is 0. The van der Waals surface area contributed by atoms with Gasteiger partial charge < -0.3 is 20.3 Å². The monoisotopic (exact) mass is 480 g/mol. The molecule has 0 aliphatic heterocycles. The van der Waals surface area contributed by atoms with Crippen molar-refractivity contribution in [3.05, 3.63) is 35.1 Å². The second-order valence-electron chi connectivity index (χ2n) is 6.81. The van der Waals surface area contributed by atoms with Gasteiger partial charge in [0.2, 0.25) is 0 Å². The summed E-state index contributed by atoms with van der Waals surface area (Å²) in [7, 11) is 5.59. The third kappa shape index (κ3) is 10.9. The zero-order valence-electron chi connectivity index (χ0n) is 16.6. The highest BCUT2D eigenvalue weighted by Crippen LogP contribution is 2.12. The molecule has 2 N–H and O–H groups in total. The fourth-order valence-corrected chi connectivity index (χ4v) is 2.27. The molecule has 1 aromatic rings. The predicted octanol–water partition coefficient (Wildman–Crippen LogP) is 3.23. The van der Waals surface area contributed by atoms with Crippen molar-refractivity contribution in [2.75, 3.05) is 40.9 Å². The number of nitrogens with one attached hydrogen (secondary N) is 2. The summed E-state index contributed by atoms with van der Waals surface area (Å²) < 4.78 is 19.4. The van der Waals surface area contributed by atoms with Gasteiger partial charge in [0.1, 0.15) is 5.82 Å². The topological polar surface area (TPSA) is 48.9 Å². The van der Waals surface area contributed by atoms with Crippen LogP contribution in [0.15, 0.2) is 23.2 Å². The van der Waals surface area contributed by atoms with E-state index in [9.17, 15) is 4.39 Å². The van der Waals surface area contributed by atoms with Crippen molar-refractivity contribution < 1.29 is 9.13 Å². The van der Waals surface area contributed by atoms with Crippen LogP contribution in [0.3, 0.4) is 0 Å². The molecular formula is C19H34FIN4O. The van der Waals surface area contributed by atoms with Gasteiger partial charge in [0.05, 0.1) is 6.61 Å². The number of ether oxygens (including phenoxy) is 1. The summed E-state index contributed by atoms with van der Waals surface area (Å²) in [5, 5.41) is 6.46. The van der Waals surface area contributed by atoms with Crippen LogP contribution >= 0.6 is 24.0 Å². The van der Waals surface area contributed by atoms with Gasteiger partial charge in [-0.3, -0.25) is 4.99 Å². The lowest BCUT2D eigenvalue weighted by molar-refractivity contribution is 0.128. The van der Waals surface area contributed by atoms with Crippen LogP contribution in [0, 0.1) is 11.7 Å². The maximum atomic E-state index is 13.8. The maximum Gasteiger partial charge on any atom is 0.191 e. The lowest BCUT2D eigenvalue weighted by Crippen LogP contribution is -2.38. The molecule has 0 bridgehead atoms. The lowest BCUT2D eigenvalue weighted by atomic mass is 10.1. The van der Waals surface area contributed by atoms with E-state index in [-0.39, 0.29) is 29.8 Å². The van der Waals surface area contributed by atoms with Crippen LogP contribution in [0.2, 0.25) is 0 Å². The minimum absolute atomic E-state index is 0. The van der Waals surface area contributed by atoms with Gasteiger partial charge in [-0.15, -0.1) is 24.0 Å². The first-order valence-electron chi connectivity index (χ1n) is 8.86. The van der Waals surface area contributed by atoms with Gasteiger partial charge in [0.15, 0.2) is 5.96 Å². The SMILES string of the molecule is CN=C(NCCOCCC(C)C)NCc1ccc(F)c(CN(C)C)c1.I. The van der Waals surface area contributed by atoms with Gasteiger partial charge in [-0.25, -0.2) is 4.39 Å². The average molecular weight is 480 g/mol. The Bertz CT molecular complexity index is 538. The quantitative estimate of drug-likeness (QED) is 0.234. The Morgan fingerprint density at radius 2 is 1.96 bits per heavy atom. The molecule has 0 heterocycles. The Kier molecular flexibility index (Phi) is 13.7. The summed E-state index contributed by atoms with van der Waals surface area (Å²) in [4.78, 5) is 6.15. The van der Waals surface area contributed by atoms with Gasteiger partial charge in [-0.1, -0.05) is 19.9 Å². The zero-order chi connectivity index (χ0) is 18.7. The molecule has 0 fully saturated rings. The van der Waals surface area contributed by atoms with Gasteiger partial charge in [-0.05, 0) is 44.1 Å². The van der Waals surface area contributed by atoms with Crippen LogP contribution in [0.4, 0.5) is 4.39 Å². The average Bonchev–Trinajstić information content (AvgIpc) is 2.55. The van der Waals surface area contributed by atoms with Gasteiger partial charge >= 0.3 is 0 Å². The molecule has 26 heavy (non-hydrogen) atoms. The molecule has 0 atom stereocenters. The van der Waals surface area contributed by atoms with Crippen LogP contribution in [-0.4, -0.2) is 51.8 Å². The summed E-state index contributed by atoms with van der Waals surface area (Å²) in [5.41, 5.74) is 1.72. The Labute approximate surface area is 174 Å². The second-order valence-corrected chi connectivity index (χ2v) is 6.81. The van der Waals surface area contributed by atoms with Gasteiger partial charge in [0, 0.05) is 38.9 Å². The Hall–Kier alpha value is -0.930. The number of rotatable bonds is 10. The molecule has 0 amide bonds. The summed E-state index contributed by atoms with van der Waals surface area (Å²) in [6.07, 6.45) is 1.08. The number of hydrogen-bond acceptors (Lipinski definition) is 3. The highest BCUT2D eigenvalue weighted by Gasteiger charge is 2.06. The van der Waals surface area contributed by atoms with Crippen molar-refractivity contribution in [3.8, 4) is 0 Å². The smallest absolute Gasteiger partial charge is 0.191 e. The first-order chi connectivity index (χ1) is 11.9. The van der Waals surface area contributed by atoms with Crippen molar-refractivity contribution in [2.45, 2.75) is 33.4 Å². The highest BCUT2D eigenvalue weighted by molar-refractivity contribution is 14.0. The molecule has 0 spiro atoms. The van der Waals surface area contributed by atoms with Crippen molar-refractivity contribution in [1.82, 2.24) is 15.5 Å². The molecule has 7 heteroatoms. The van der Waals surface area contributed by atoms with E-state index in [0.717, 1.165) is 18.6 Å². The Morgan fingerprint density at radius 3 is 2.58 bits per heavy atom. The van der Waals surface area contributed by atoms with Crippen molar-refractivity contribution in [3.63, 3.8) is 0 Å². The normalized spacial score (nSPS) is 11.6. The van der Waals surface area contributed by atoms with Gasteiger partial charge in [-0.2, -0.15) is 0 Å². The zero-order valence-corrected chi connectivity index (χ0v) is 19.0. The fourth-order valence-electron chi connectivity index (χ4n) is 2.27. The number of benzene rings is 1. The van der Waals surface area contributed by atoms with E-state index >= 15 is 0 Å². The molecular weight excluding hydrogens is 446 g/mol. The first-order valence-corrected chi connectivity index (χ1v) is 8.86. The summed E-state index contributed by atoms with van der Waals surface area (Å²) in [6, 6.07) is 5.21. The number of nitrogens with zero attached hydrogens (tertiary/aromatic N) is 2. The van der Waals surface area contributed by atoms with Crippen molar-refractivity contribution in [2.24, 2.45) is 10.9 Å². The van der Waals surface area contributed by atoms with Crippen molar-refractivity contribution >= 4 is 29.9 Å². The van der Waals surface area contributed by atoms with E-state index in [2.05, 4.69) is 29.5 Å². The third-order valence-electron chi connectivity index (χ3n) is 3.66. The van der Waals surface area contributed by atoms with E-state index < -0.39 is 0 Å². The molecule has 0 radical (unpaired) electrons. The number of guanidine groups is 1. The van der Waals surface area contributed by atoms with E-state index in [1.807, 2.05) is 25.1 Å². The third-order valence-corrected chi connectivity index (χ3v) is 3.66. The molecule has 1 aromatic carbocycles. The molecule has 0 aliphatic carbocycles. The molecule has 150 valence electrons. The molecule has 0 saturated carbocycles. The standard InChI is InChI=1S/C19H33FN4O.HI/c1-15(2)8-10-25-11-9-22-19(21-3)23-13-16-6-7-18(20)17(12-16)14-24(4)5;/h6-7,12,15H,8-11,13-14H2,1-5H3,(H2,21,22,23);1H. The van der Waals surface area contributed by atoms with Crippen LogP contribution < -0.4 is 10.6 Å². The first kappa shape index (κ1) is 25.1. The summed E-state index contributed by atoms with van der Waals surface area (Å²) in [5.74, 6) is 1.21. The van der Waals surface area contributed by atoms with E-state index in [4.69, 9.17) is 4.74 Å². The minimum atomic E-state index is -0.168. The minimum Gasteiger partial charge on any atom is -0.380 e. The van der Waals surface area contributed by atoms with E-state index in [0.29, 0.717) is 43.7 Å². The highest BCUT2D eigenvalue weighted by atomic mass is 127. The molecule has 5 nitrogen and oxygen atoms in total. The molecule has 0 unspecified atom stereocenters. The van der Waals surface area contributed by atoms with E-state index in [1.54, 1.807) is 13.1 Å². The largest absolute Gasteiger partial charge is 0.380 e. The number of hydrogen-bond donors (Lipinski definition) is 2. The van der Waals surface area contributed by atoms with Crippen LogP contribution in [0.5, 0.6) is 0 Å². The van der Waals surface area contributed by atoms with Crippen LogP contribution in [-0.2, 0) is 17.8 Å². The molecule has 1 rings (SSSR count). The Balaban J connectivity index is 0.00000625. The second kappa shape index (κ2) is 14.2. The summed E-state index contributed by atoms with van der Waals surface area (Å²) in [6.45, 7) is 7.69.